The van der Waals surface area contributed by atoms with Crippen molar-refractivity contribution in [2.75, 3.05) is 11.9 Å². The molecule has 0 radical (unpaired) electrons. The number of nitrogens with zero attached hydrogens (tertiary/aromatic N) is 1. The lowest BCUT2D eigenvalue weighted by molar-refractivity contribution is -0.111. The van der Waals surface area contributed by atoms with Gasteiger partial charge in [0.1, 0.15) is 5.75 Å². The van der Waals surface area contributed by atoms with Gasteiger partial charge in [-0.05, 0) is 44.0 Å². The number of nitrogens with one attached hydrogen (secondary N) is 1. The van der Waals surface area contributed by atoms with Crippen LogP contribution in [-0.2, 0) is 4.79 Å². The summed E-state index contributed by atoms with van der Waals surface area (Å²) < 4.78 is 5.72. The van der Waals surface area contributed by atoms with Gasteiger partial charge in [-0.25, -0.2) is 4.98 Å². The second-order valence-electron chi connectivity index (χ2n) is 6.57. The molecule has 0 spiro atoms. The maximum Gasteiger partial charge on any atom is 0.250 e. The summed E-state index contributed by atoms with van der Waals surface area (Å²) in [6.45, 7) is 6.84. The number of rotatable bonds is 7. The molecule has 0 bridgehead atoms. The summed E-state index contributed by atoms with van der Waals surface area (Å²) in [4.78, 5) is 16.9. The van der Waals surface area contributed by atoms with Crippen molar-refractivity contribution < 1.29 is 9.53 Å². The summed E-state index contributed by atoms with van der Waals surface area (Å²) in [7, 11) is 0. The number of hydrogen-bond donors (Lipinski definition) is 1. The number of aryl methyl sites for hydroxylation is 2. The first-order valence-corrected chi connectivity index (χ1v) is 10.2. The Bertz CT molecular complexity index is 992. The number of hydrogen-bond acceptors (Lipinski definition) is 4. The van der Waals surface area contributed by atoms with Crippen LogP contribution in [0.15, 0.2) is 53.9 Å². The van der Waals surface area contributed by atoms with Gasteiger partial charge in [-0.2, -0.15) is 0 Å². The molecule has 1 amide bonds. The molecule has 3 aromatic rings. The van der Waals surface area contributed by atoms with Crippen molar-refractivity contribution in [3.8, 4) is 17.0 Å². The third-order valence-electron chi connectivity index (χ3n) is 4.20. The lowest BCUT2D eigenvalue weighted by Gasteiger charge is -2.07. The van der Waals surface area contributed by atoms with Crippen LogP contribution in [0.3, 0.4) is 0 Å². The van der Waals surface area contributed by atoms with Crippen LogP contribution in [0.4, 0.5) is 5.13 Å². The maximum absolute atomic E-state index is 12.3. The molecule has 2 aromatic carbocycles. The molecule has 1 heterocycles. The molecule has 0 aliphatic heterocycles. The minimum absolute atomic E-state index is 0.216. The molecule has 0 aliphatic rings. The molecule has 28 heavy (non-hydrogen) atoms. The molecule has 5 heteroatoms. The SMILES string of the molecule is CCCOc1ccccc1C=CC(=O)Nc1nc(-c2cc(C)ccc2C)cs1. The Kier molecular flexibility index (Phi) is 6.61. The molecule has 144 valence electrons. The molecule has 0 saturated heterocycles. The Labute approximate surface area is 169 Å². The van der Waals surface area contributed by atoms with Gasteiger partial charge < -0.3 is 4.74 Å². The second-order valence-corrected chi connectivity index (χ2v) is 7.42. The first-order valence-electron chi connectivity index (χ1n) is 9.31. The highest BCUT2D eigenvalue weighted by atomic mass is 32.1. The van der Waals surface area contributed by atoms with Crippen molar-refractivity contribution >= 4 is 28.5 Å². The Morgan fingerprint density at radius 2 is 2.04 bits per heavy atom. The van der Waals surface area contributed by atoms with Crippen molar-refractivity contribution in [2.24, 2.45) is 0 Å². The van der Waals surface area contributed by atoms with Crippen LogP contribution < -0.4 is 10.1 Å². The largest absolute Gasteiger partial charge is 0.493 e. The van der Waals surface area contributed by atoms with Crippen molar-refractivity contribution in [3.63, 3.8) is 0 Å². The lowest BCUT2D eigenvalue weighted by atomic mass is 10.0. The summed E-state index contributed by atoms with van der Waals surface area (Å²) in [6, 6.07) is 14.0. The van der Waals surface area contributed by atoms with Gasteiger partial charge in [0.2, 0.25) is 5.91 Å². The predicted molar refractivity (Wildman–Crippen MR) is 117 cm³/mol. The molecule has 0 aliphatic carbocycles. The van der Waals surface area contributed by atoms with Crippen LogP contribution in [0.1, 0.15) is 30.0 Å². The number of ether oxygens (including phenoxy) is 1. The van der Waals surface area contributed by atoms with Gasteiger partial charge in [-0.15, -0.1) is 11.3 Å². The summed E-state index contributed by atoms with van der Waals surface area (Å²) in [5, 5.41) is 5.39. The smallest absolute Gasteiger partial charge is 0.250 e. The molecular formula is C23H24N2O2S. The zero-order valence-corrected chi connectivity index (χ0v) is 17.2. The Balaban J connectivity index is 1.69. The van der Waals surface area contributed by atoms with Crippen LogP contribution in [-0.4, -0.2) is 17.5 Å². The highest BCUT2D eigenvalue weighted by Crippen LogP contribution is 2.28. The summed E-state index contributed by atoms with van der Waals surface area (Å²) >= 11 is 1.42. The van der Waals surface area contributed by atoms with Crippen molar-refractivity contribution in [1.29, 1.82) is 0 Å². The number of thiazole rings is 1. The number of para-hydroxylation sites is 1. The standard InChI is InChI=1S/C23H24N2O2S/c1-4-13-27-21-8-6-5-7-18(21)11-12-22(26)25-23-24-20(15-28-23)19-14-16(2)9-10-17(19)3/h5-12,14-15H,4,13H2,1-3H3,(H,24,25,26). The van der Waals surface area contributed by atoms with Crippen molar-refractivity contribution in [2.45, 2.75) is 27.2 Å². The van der Waals surface area contributed by atoms with Gasteiger partial charge in [-0.1, -0.05) is 42.8 Å². The van der Waals surface area contributed by atoms with E-state index >= 15 is 0 Å². The minimum Gasteiger partial charge on any atom is -0.493 e. The van der Waals surface area contributed by atoms with E-state index in [1.54, 1.807) is 6.08 Å². The van der Waals surface area contributed by atoms with E-state index in [-0.39, 0.29) is 5.91 Å². The van der Waals surface area contributed by atoms with Gasteiger partial charge in [0.05, 0.1) is 12.3 Å². The number of aromatic nitrogens is 1. The van der Waals surface area contributed by atoms with Crippen LogP contribution in [0, 0.1) is 13.8 Å². The molecule has 1 aromatic heterocycles. The highest BCUT2D eigenvalue weighted by Gasteiger charge is 2.09. The van der Waals surface area contributed by atoms with E-state index in [4.69, 9.17) is 4.74 Å². The van der Waals surface area contributed by atoms with Gasteiger partial charge in [0.25, 0.3) is 0 Å². The van der Waals surface area contributed by atoms with Crippen LogP contribution >= 0.6 is 11.3 Å². The normalized spacial score (nSPS) is 11.0. The highest BCUT2D eigenvalue weighted by molar-refractivity contribution is 7.14. The maximum atomic E-state index is 12.3. The molecule has 0 saturated carbocycles. The molecule has 0 fully saturated rings. The first kappa shape index (κ1) is 19.8. The van der Waals surface area contributed by atoms with E-state index in [2.05, 4.69) is 49.3 Å². The predicted octanol–water partition coefficient (Wildman–Crippen LogP) is 5.87. The van der Waals surface area contributed by atoms with Crippen LogP contribution in [0.2, 0.25) is 0 Å². The van der Waals surface area contributed by atoms with Crippen LogP contribution in [0.25, 0.3) is 17.3 Å². The van der Waals surface area contributed by atoms with E-state index in [1.165, 1.54) is 23.0 Å². The minimum atomic E-state index is -0.216. The topological polar surface area (TPSA) is 51.2 Å². The lowest BCUT2D eigenvalue weighted by Crippen LogP contribution is -2.07. The fraction of sp³-hybridized carbons (Fsp3) is 0.217. The van der Waals surface area contributed by atoms with Crippen molar-refractivity contribution in [3.05, 3.63) is 70.6 Å². The van der Waals surface area contributed by atoms with E-state index in [9.17, 15) is 4.79 Å². The third kappa shape index (κ3) is 5.08. The average Bonchev–Trinajstić information content (AvgIpc) is 3.15. The summed E-state index contributed by atoms with van der Waals surface area (Å²) in [5.41, 5.74) is 5.20. The molecule has 4 nitrogen and oxygen atoms in total. The zero-order valence-electron chi connectivity index (χ0n) is 16.4. The number of carbonyl (C=O) groups excluding carboxylic acids is 1. The van der Waals surface area contributed by atoms with E-state index in [0.29, 0.717) is 11.7 Å². The molecular weight excluding hydrogens is 368 g/mol. The van der Waals surface area contributed by atoms with E-state index < -0.39 is 0 Å². The van der Waals surface area contributed by atoms with E-state index in [1.807, 2.05) is 29.6 Å². The van der Waals surface area contributed by atoms with Gasteiger partial charge in [-0.3, -0.25) is 10.1 Å². The Morgan fingerprint density at radius 1 is 1.21 bits per heavy atom. The number of benzene rings is 2. The van der Waals surface area contributed by atoms with Gasteiger partial charge in [0.15, 0.2) is 5.13 Å². The fourth-order valence-corrected chi connectivity index (χ4v) is 3.45. The average molecular weight is 393 g/mol. The van der Waals surface area contributed by atoms with Crippen LogP contribution in [0.5, 0.6) is 5.75 Å². The molecule has 0 atom stereocenters. The second kappa shape index (κ2) is 9.33. The fourth-order valence-electron chi connectivity index (χ4n) is 2.74. The number of anilines is 1. The molecule has 1 N–H and O–H groups in total. The molecule has 3 rings (SSSR count). The van der Waals surface area contributed by atoms with Gasteiger partial charge >= 0.3 is 0 Å². The Hall–Kier alpha value is -2.92. The first-order chi connectivity index (χ1) is 13.6. The molecule has 0 unspecified atom stereocenters. The Morgan fingerprint density at radius 3 is 2.86 bits per heavy atom. The summed E-state index contributed by atoms with van der Waals surface area (Å²) in [6.07, 6.45) is 4.21. The van der Waals surface area contributed by atoms with E-state index in [0.717, 1.165) is 34.6 Å². The third-order valence-corrected chi connectivity index (χ3v) is 4.96. The van der Waals surface area contributed by atoms with Crippen molar-refractivity contribution in [1.82, 2.24) is 4.98 Å². The van der Waals surface area contributed by atoms with Gasteiger partial charge in [0, 0.05) is 22.6 Å². The number of amides is 1. The summed E-state index contributed by atoms with van der Waals surface area (Å²) in [5.74, 6) is 0.562. The monoisotopic (exact) mass is 392 g/mol. The number of carbonyl (C=O) groups is 1. The zero-order chi connectivity index (χ0) is 19.9. The quantitative estimate of drug-likeness (QED) is 0.512.